The third-order valence-electron chi connectivity index (χ3n) is 3.75. The minimum atomic E-state index is -0.190. The maximum atomic E-state index is 12.2. The molecule has 1 amide bonds. The lowest BCUT2D eigenvalue weighted by atomic mass is 10.0. The van der Waals surface area contributed by atoms with Gasteiger partial charge in [0, 0.05) is 28.2 Å². The smallest absolute Gasteiger partial charge is 0.240 e. The molecule has 0 radical (unpaired) electrons. The number of hydrogen-bond donors (Lipinski definition) is 2. The van der Waals surface area contributed by atoms with Gasteiger partial charge in [-0.25, -0.2) is 0 Å². The van der Waals surface area contributed by atoms with Crippen molar-refractivity contribution in [1.29, 1.82) is 0 Å². The van der Waals surface area contributed by atoms with Gasteiger partial charge in [0.2, 0.25) is 5.91 Å². The summed E-state index contributed by atoms with van der Waals surface area (Å²) in [6.07, 6.45) is 2.78. The van der Waals surface area contributed by atoms with Gasteiger partial charge in [0.05, 0.1) is 0 Å². The number of nitrogens with one attached hydrogen (secondary N) is 1. The monoisotopic (exact) mass is 303 g/mol. The van der Waals surface area contributed by atoms with Crippen molar-refractivity contribution in [2.24, 2.45) is 5.73 Å². The molecule has 21 heavy (non-hydrogen) atoms. The molecular formula is C16H21N3OS. The summed E-state index contributed by atoms with van der Waals surface area (Å²) in [7, 11) is 0. The Morgan fingerprint density at radius 3 is 2.71 bits per heavy atom. The highest BCUT2D eigenvalue weighted by Gasteiger charge is 2.18. The third-order valence-corrected chi connectivity index (χ3v) is 3.97. The van der Waals surface area contributed by atoms with Crippen LogP contribution in [0.25, 0.3) is 10.9 Å². The highest BCUT2D eigenvalue weighted by Crippen LogP contribution is 2.20. The number of nitrogens with zero attached hydrogens (tertiary/aromatic N) is 1. The molecule has 5 heteroatoms. The van der Waals surface area contributed by atoms with Crippen LogP contribution in [0.4, 0.5) is 0 Å². The first-order valence-electron chi connectivity index (χ1n) is 7.03. The number of thiocarbonyl (C=S) groups is 1. The predicted molar refractivity (Wildman–Crippen MR) is 90.3 cm³/mol. The Kier molecular flexibility index (Phi) is 4.32. The lowest BCUT2D eigenvalue weighted by Gasteiger charge is -2.24. The Hall–Kier alpha value is -1.88. The van der Waals surface area contributed by atoms with E-state index < -0.39 is 0 Å². The molecular weight excluding hydrogens is 282 g/mol. The minimum absolute atomic E-state index is 0.0000723. The number of rotatable bonds is 5. The first kappa shape index (κ1) is 15.5. The normalized spacial score (nSPS) is 11.6. The average molecular weight is 303 g/mol. The maximum absolute atomic E-state index is 12.2. The molecule has 0 spiro atoms. The first-order valence-corrected chi connectivity index (χ1v) is 7.43. The molecule has 2 aromatic rings. The Labute approximate surface area is 130 Å². The van der Waals surface area contributed by atoms with Crippen molar-refractivity contribution < 1.29 is 4.79 Å². The molecule has 1 aromatic carbocycles. The van der Waals surface area contributed by atoms with Gasteiger partial charge in [0.1, 0.15) is 11.5 Å². The van der Waals surface area contributed by atoms with Crippen LogP contribution in [0.15, 0.2) is 30.5 Å². The molecule has 112 valence electrons. The number of hydrogen-bond acceptors (Lipinski definition) is 2. The summed E-state index contributed by atoms with van der Waals surface area (Å²) >= 11 is 5.06. The number of carbonyl (C=O) groups excluding carboxylic acids is 1. The van der Waals surface area contributed by atoms with E-state index >= 15 is 0 Å². The standard InChI is InChI=1S/C16H21N3OS/c1-4-16(2,3)18-14(20)10-19-9-8-11-12(15(17)21)6-5-7-13(11)19/h5-9H,4,10H2,1-3H3,(H2,17,21)(H,18,20). The molecule has 0 fully saturated rings. The van der Waals surface area contributed by atoms with Crippen LogP contribution in [0.3, 0.4) is 0 Å². The molecule has 1 aromatic heterocycles. The number of benzene rings is 1. The molecule has 0 saturated carbocycles. The molecule has 1 heterocycles. The quantitative estimate of drug-likeness (QED) is 0.835. The van der Waals surface area contributed by atoms with Crippen molar-refractivity contribution in [2.75, 3.05) is 0 Å². The highest BCUT2D eigenvalue weighted by atomic mass is 32.1. The van der Waals surface area contributed by atoms with Gasteiger partial charge >= 0.3 is 0 Å². The van der Waals surface area contributed by atoms with Crippen LogP contribution in [0.2, 0.25) is 0 Å². The van der Waals surface area contributed by atoms with Crippen LogP contribution in [-0.2, 0) is 11.3 Å². The summed E-state index contributed by atoms with van der Waals surface area (Å²) in [6.45, 7) is 6.38. The summed E-state index contributed by atoms with van der Waals surface area (Å²) in [5.74, 6) is 0.0000723. The molecule has 0 aliphatic heterocycles. The van der Waals surface area contributed by atoms with Gasteiger partial charge in [-0.1, -0.05) is 31.3 Å². The summed E-state index contributed by atoms with van der Waals surface area (Å²) < 4.78 is 1.91. The van der Waals surface area contributed by atoms with E-state index in [9.17, 15) is 4.79 Å². The van der Waals surface area contributed by atoms with Gasteiger partial charge in [0.15, 0.2) is 0 Å². The average Bonchev–Trinajstić information content (AvgIpc) is 2.81. The van der Waals surface area contributed by atoms with Crippen LogP contribution in [0.5, 0.6) is 0 Å². The van der Waals surface area contributed by atoms with E-state index in [1.165, 1.54) is 0 Å². The van der Waals surface area contributed by atoms with Crippen LogP contribution < -0.4 is 11.1 Å². The van der Waals surface area contributed by atoms with E-state index in [0.717, 1.165) is 22.9 Å². The molecule has 3 N–H and O–H groups in total. The van der Waals surface area contributed by atoms with Gasteiger partial charge in [0.25, 0.3) is 0 Å². The van der Waals surface area contributed by atoms with Crippen molar-refractivity contribution in [3.63, 3.8) is 0 Å². The lowest BCUT2D eigenvalue weighted by Crippen LogP contribution is -2.44. The van der Waals surface area contributed by atoms with E-state index in [2.05, 4.69) is 12.2 Å². The summed E-state index contributed by atoms with van der Waals surface area (Å²) in [5.41, 5.74) is 7.35. The van der Waals surface area contributed by atoms with E-state index in [1.54, 1.807) is 0 Å². The highest BCUT2D eigenvalue weighted by molar-refractivity contribution is 7.80. The molecule has 4 nitrogen and oxygen atoms in total. The second kappa shape index (κ2) is 5.85. The van der Waals surface area contributed by atoms with Crippen molar-refractivity contribution in [2.45, 2.75) is 39.3 Å². The van der Waals surface area contributed by atoms with Crippen LogP contribution in [0, 0.1) is 0 Å². The fraction of sp³-hybridized carbons (Fsp3) is 0.375. The molecule has 0 aliphatic rings. The lowest BCUT2D eigenvalue weighted by molar-refractivity contribution is -0.123. The van der Waals surface area contributed by atoms with E-state index in [0.29, 0.717) is 4.99 Å². The predicted octanol–water partition coefficient (Wildman–Crippen LogP) is 2.58. The topological polar surface area (TPSA) is 60.0 Å². The Morgan fingerprint density at radius 1 is 1.38 bits per heavy atom. The maximum Gasteiger partial charge on any atom is 0.240 e. The van der Waals surface area contributed by atoms with Crippen molar-refractivity contribution in [3.8, 4) is 0 Å². The fourth-order valence-electron chi connectivity index (χ4n) is 2.24. The van der Waals surface area contributed by atoms with E-state index in [1.807, 2.05) is 48.9 Å². The zero-order valence-electron chi connectivity index (χ0n) is 12.6. The summed E-state index contributed by atoms with van der Waals surface area (Å²) in [5, 5.41) is 4.02. The zero-order chi connectivity index (χ0) is 15.6. The van der Waals surface area contributed by atoms with Gasteiger partial charge in [-0.2, -0.15) is 0 Å². The number of carbonyl (C=O) groups is 1. The summed E-state index contributed by atoms with van der Waals surface area (Å²) in [4.78, 5) is 12.5. The third kappa shape index (κ3) is 3.42. The minimum Gasteiger partial charge on any atom is -0.389 e. The van der Waals surface area contributed by atoms with Gasteiger partial charge in [-0.15, -0.1) is 0 Å². The number of nitrogens with two attached hydrogens (primary N) is 1. The largest absolute Gasteiger partial charge is 0.389 e. The molecule has 0 unspecified atom stereocenters. The van der Waals surface area contributed by atoms with E-state index in [4.69, 9.17) is 18.0 Å². The second-order valence-corrected chi connectivity index (χ2v) is 6.27. The molecule has 2 rings (SSSR count). The Balaban J connectivity index is 2.26. The van der Waals surface area contributed by atoms with Crippen LogP contribution in [0.1, 0.15) is 32.8 Å². The summed E-state index contributed by atoms with van der Waals surface area (Å²) in [6, 6.07) is 7.72. The van der Waals surface area contributed by atoms with Gasteiger partial charge < -0.3 is 15.6 Å². The van der Waals surface area contributed by atoms with Crippen LogP contribution >= 0.6 is 12.2 Å². The van der Waals surface area contributed by atoms with Crippen molar-refractivity contribution in [3.05, 3.63) is 36.0 Å². The number of amides is 1. The van der Waals surface area contributed by atoms with Crippen LogP contribution in [-0.4, -0.2) is 21.0 Å². The zero-order valence-corrected chi connectivity index (χ0v) is 13.5. The second-order valence-electron chi connectivity index (χ2n) is 5.83. The first-order chi connectivity index (χ1) is 9.84. The van der Waals surface area contributed by atoms with Crippen molar-refractivity contribution in [1.82, 2.24) is 9.88 Å². The fourth-order valence-corrected chi connectivity index (χ4v) is 2.41. The Morgan fingerprint density at radius 2 is 2.10 bits per heavy atom. The molecule has 0 saturated heterocycles. The van der Waals surface area contributed by atoms with Crippen molar-refractivity contribution >= 4 is 34.0 Å². The number of aromatic nitrogens is 1. The Bertz CT molecular complexity index is 688. The molecule has 0 atom stereocenters. The SMILES string of the molecule is CCC(C)(C)NC(=O)Cn1ccc2c(C(N)=S)cccc21. The molecule has 0 aliphatic carbocycles. The van der Waals surface area contributed by atoms with Gasteiger partial charge in [-0.05, 0) is 32.4 Å². The number of fused-ring (bicyclic) bond motifs is 1. The van der Waals surface area contributed by atoms with Gasteiger partial charge in [-0.3, -0.25) is 4.79 Å². The molecule has 0 bridgehead atoms. The van der Waals surface area contributed by atoms with E-state index in [-0.39, 0.29) is 18.0 Å².